The van der Waals surface area contributed by atoms with Crippen molar-refractivity contribution < 1.29 is 19.1 Å². The lowest BCUT2D eigenvalue weighted by atomic mass is 9.91. The van der Waals surface area contributed by atoms with Crippen LogP contribution in [0.5, 0.6) is 23.1 Å². The lowest BCUT2D eigenvalue weighted by Crippen LogP contribution is -2.39. The highest BCUT2D eigenvalue weighted by Crippen LogP contribution is 2.28. The molecule has 0 spiro atoms. The second-order valence-electron chi connectivity index (χ2n) is 8.17. The quantitative estimate of drug-likeness (QED) is 0.398. The fourth-order valence-electron chi connectivity index (χ4n) is 3.82. The van der Waals surface area contributed by atoms with Crippen molar-refractivity contribution in [1.82, 2.24) is 15.3 Å². The van der Waals surface area contributed by atoms with Gasteiger partial charge in [0.2, 0.25) is 17.7 Å². The standard InChI is InChI=1S/C26H27N5O4/c1-2-23(32)29-17-8-10-18(11-9-17)30-26-28-16-22(24(27)33)25(31-26)35-21-14-12-20(13-15-21)34-19-6-4-3-5-7-19/h2-7,12-18H,1,8-11H2,(H2,27,33)(H,29,32)(H,28,30,31). The van der Waals surface area contributed by atoms with E-state index >= 15 is 0 Å². The van der Waals surface area contributed by atoms with Crippen LogP contribution >= 0.6 is 0 Å². The van der Waals surface area contributed by atoms with Gasteiger partial charge in [0.05, 0.1) is 0 Å². The van der Waals surface area contributed by atoms with Gasteiger partial charge in [0.1, 0.15) is 22.8 Å². The predicted octanol–water partition coefficient (Wildman–Crippen LogP) is 4.19. The van der Waals surface area contributed by atoms with Crippen molar-refractivity contribution in [3.8, 4) is 23.1 Å². The Kier molecular flexibility index (Phi) is 7.57. The van der Waals surface area contributed by atoms with Crippen LogP contribution in [-0.2, 0) is 4.79 Å². The molecular weight excluding hydrogens is 446 g/mol. The molecule has 9 nitrogen and oxygen atoms in total. The zero-order valence-electron chi connectivity index (χ0n) is 19.1. The number of carbonyl (C=O) groups is 2. The SMILES string of the molecule is C=CC(=O)NC1CCC(Nc2ncc(C(N)=O)c(Oc3ccc(Oc4ccccc4)cc3)n2)CC1. The maximum absolute atomic E-state index is 11.9. The average molecular weight is 474 g/mol. The predicted molar refractivity (Wildman–Crippen MR) is 132 cm³/mol. The highest BCUT2D eigenvalue weighted by molar-refractivity contribution is 5.95. The molecule has 4 rings (SSSR count). The summed E-state index contributed by atoms with van der Waals surface area (Å²) >= 11 is 0. The number of nitrogens with one attached hydrogen (secondary N) is 2. The van der Waals surface area contributed by atoms with Gasteiger partial charge in [0, 0.05) is 18.3 Å². The Labute approximate surface area is 203 Å². The summed E-state index contributed by atoms with van der Waals surface area (Å²) in [5, 5.41) is 6.22. The Morgan fingerprint density at radius 3 is 2.14 bits per heavy atom. The number of aromatic nitrogens is 2. The summed E-state index contributed by atoms with van der Waals surface area (Å²) in [6.07, 6.45) is 5.97. The summed E-state index contributed by atoms with van der Waals surface area (Å²) in [6, 6.07) is 16.7. The minimum Gasteiger partial charge on any atom is -0.457 e. The van der Waals surface area contributed by atoms with E-state index in [0.29, 0.717) is 17.4 Å². The van der Waals surface area contributed by atoms with Gasteiger partial charge in [0.15, 0.2) is 0 Å². The van der Waals surface area contributed by atoms with Crippen molar-refractivity contribution in [2.45, 2.75) is 37.8 Å². The molecule has 3 aromatic rings. The third kappa shape index (κ3) is 6.57. The first-order chi connectivity index (χ1) is 17.0. The molecule has 0 bridgehead atoms. The van der Waals surface area contributed by atoms with E-state index in [-0.39, 0.29) is 29.4 Å². The number of carbonyl (C=O) groups excluding carboxylic acids is 2. The summed E-state index contributed by atoms with van der Waals surface area (Å²) in [5.74, 6) is 1.40. The monoisotopic (exact) mass is 473 g/mol. The van der Waals surface area contributed by atoms with Gasteiger partial charge in [-0.2, -0.15) is 4.98 Å². The molecular formula is C26H27N5O4. The van der Waals surface area contributed by atoms with Crippen molar-refractivity contribution in [2.24, 2.45) is 5.73 Å². The Morgan fingerprint density at radius 2 is 1.51 bits per heavy atom. The van der Waals surface area contributed by atoms with Crippen LogP contribution in [0.25, 0.3) is 0 Å². The summed E-state index contributed by atoms with van der Waals surface area (Å²) in [6.45, 7) is 3.48. The van der Waals surface area contributed by atoms with E-state index < -0.39 is 5.91 Å². The molecule has 1 heterocycles. The van der Waals surface area contributed by atoms with E-state index in [1.54, 1.807) is 24.3 Å². The molecule has 1 aliphatic carbocycles. The zero-order chi connectivity index (χ0) is 24.6. The van der Waals surface area contributed by atoms with Crippen molar-refractivity contribution in [1.29, 1.82) is 0 Å². The maximum atomic E-state index is 11.9. The van der Waals surface area contributed by atoms with Crippen molar-refractivity contribution in [3.05, 3.63) is 79.0 Å². The minimum atomic E-state index is -0.686. The number of amides is 2. The van der Waals surface area contributed by atoms with Crippen LogP contribution in [0.1, 0.15) is 36.0 Å². The van der Waals surface area contributed by atoms with Crippen LogP contribution in [-0.4, -0.2) is 33.9 Å². The zero-order valence-corrected chi connectivity index (χ0v) is 19.1. The molecule has 1 fully saturated rings. The molecule has 0 saturated heterocycles. The lowest BCUT2D eigenvalue weighted by Gasteiger charge is -2.29. The number of para-hydroxylation sites is 1. The maximum Gasteiger partial charge on any atom is 0.255 e. The fraction of sp³-hybridized carbons (Fsp3) is 0.231. The highest BCUT2D eigenvalue weighted by atomic mass is 16.5. The van der Waals surface area contributed by atoms with Crippen LogP contribution in [0, 0.1) is 0 Å². The van der Waals surface area contributed by atoms with Crippen LogP contribution in [0.2, 0.25) is 0 Å². The summed E-state index contributed by atoms with van der Waals surface area (Å²) < 4.78 is 11.7. The highest BCUT2D eigenvalue weighted by Gasteiger charge is 2.23. The van der Waals surface area contributed by atoms with Crippen LogP contribution < -0.4 is 25.8 Å². The van der Waals surface area contributed by atoms with E-state index in [4.69, 9.17) is 15.2 Å². The van der Waals surface area contributed by atoms with Gasteiger partial charge >= 0.3 is 0 Å². The Balaban J connectivity index is 1.41. The molecule has 0 unspecified atom stereocenters. The van der Waals surface area contributed by atoms with Gasteiger partial charge in [-0.25, -0.2) is 4.98 Å². The normalized spacial score (nSPS) is 17.1. The minimum absolute atomic E-state index is 0.0682. The molecule has 0 atom stereocenters. The topological polar surface area (TPSA) is 128 Å². The third-order valence-corrected chi connectivity index (χ3v) is 5.63. The second kappa shape index (κ2) is 11.1. The Bertz CT molecular complexity index is 1180. The molecule has 1 saturated carbocycles. The second-order valence-corrected chi connectivity index (χ2v) is 8.17. The first-order valence-electron chi connectivity index (χ1n) is 11.4. The van der Waals surface area contributed by atoms with Crippen molar-refractivity contribution >= 4 is 17.8 Å². The van der Waals surface area contributed by atoms with Gasteiger partial charge in [-0.05, 0) is 68.2 Å². The van der Waals surface area contributed by atoms with Crippen LogP contribution in [0.15, 0.2) is 73.4 Å². The van der Waals surface area contributed by atoms with E-state index in [9.17, 15) is 9.59 Å². The molecule has 2 aromatic carbocycles. The average Bonchev–Trinajstić information content (AvgIpc) is 2.87. The number of primary amides is 1. The molecule has 4 N–H and O–H groups in total. The van der Waals surface area contributed by atoms with E-state index in [1.807, 2.05) is 30.3 Å². The number of anilines is 1. The van der Waals surface area contributed by atoms with Gasteiger partial charge in [-0.3, -0.25) is 9.59 Å². The smallest absolute Gasteiger partial charge is 0.255 e. The van der Waals surface area contributed by atoms with Crippen LogP contribution in [0.4, 0.5) is 5.95 Å². The van der Waals surface area contributed by atoms with Crippen molar-refractivity contribution in [2.75, 3.05) is 5.32 Å². The summed E-state index contributed by atoms with van der Waals surface area (Å²) in [7, 11) is 0. The number of nitrogens with two attached hydrogens (primary N) is 1. The molecule has 1 aliphatic rings. The van der Waals surface area contributed by atoms with Crippen molar-refractivity contribution in [3.63, 3.8) is 0 Å². The van der Waals surface area contributed by atoms with Gasteiger partial charge < -0.3 is 25.8 Å². The van der Waals surface area contributed by atoms with E-state index in [2.05, 4.69) is 27.2 Å². The summed E-state index contributed by atoms with van der Waals surface area (Å²) in [5.41, 5.74) is 5.58. The Hall–Kier alpha value is -4.40. The van der Waals surface area contributed by atoms with E-state index in [1.165, 1.54) is 12.3 Å². The Morgan fingerprint density at radius 1 is 0.914 bits per heavy atom. The number of hydrogen-bond acceptors (Lipinski definition) is 7. The number of hydrogen-bond donors (Lipinski definition) is 3. The molecule has 2 amide bonds. The number of rotatable bonds is 9. The molecule has 9 heteroatoms. The molecule has 0 radical (unpaired) electrons. The van der Waals surface area contributed by atoms with Gasteiger partial charge in [0.25, 0.3) is 5.91 Å². The molecule has 180 valence electrons. The molecule has 1 aromatic heterocycles. The number of ether oxygens (including phenoxy) is 2. The fourth-order valence-corrected chi connectivity index (χ4v) is 3.82. The number of nitrogens with zero attached hydrogens (tertiary/aromatic N) is 2. The largest absolute Gasteiger partial charge is 0.457 e. The van der Waals surface area contributed by atoms with Gasteiger partial charge in [-0.15, -0.1) is 0 Å². The van der Waals surface area contributed by atoms with Gasteiger partial charge in [-0.1, -0.05) is 24.8 Å². The summed E-state index contributed by atoms with van der Waals surface area (Å²) in [4.78, 5) is 32.0. The lowest BCUT2D eigenvalue weighted by molar-refractivity contribution is -0.117. The molecule has 35 heavy (non-hydrogen) atoms. The molecule has 0 aliphatic heterocycles. The number of benzene rings is 2. The third-order valence-electron chi connectivity index (χ3n) is 5.63. The van der Waals surface area contributed by atoms with Crippen LogP contribution in [0.3, 0.4) is 0 Å². The first-order valence-corrected chi connectivity index (χ1v) is 11.4. The first kappa shape index (κ1) is 23.7. The van der Waals surface area contributed by atoms with E-state index in [0.717, 1.165) is 31.4 Å².